The van der Waals surface area contributed by atoms with E-state index < -0.39 is 16.9 Å². The molecule has 9 heteroatoms. The van der Waals surface area contributed by atoms with Gasteiger partial charge in [-0.15, -0.1) is 0 Å². The first kappa shape index (κ1) is 22.1. The van der Waals surface area contributed by atoms with Gasteiger partial charge in [0.25, 0.3) is 11.2 Å². The Morgan fingerprint density at radius 1 is 1.15 bits per heavy atom. The molecule has 1 aliphatic rings. The van der Waals surface area contributed by atoms with Gasteiger partial charge >= 0.3 is 5.97 Å². The van der Waals surface area contributed by atoms with Crippen LogP contribution in [0, 0.1) is 10.1 Å². The normalized spacial score (nSPS) is 15.9. The number of carbonyl (C=O) groups is 1. The van der Waals surface area contributed by atoms with Crippen LogP contribution in [0.25, 0.3) is 12.2 Å². The number of nitro groups is 1. The SMILES string of the molecule is COC(=O)C1=C(C)N=c2sc(=Cc3ccc([N+](=O)[O-])cc3)c(=O)n2C1/C=C/c1ccccc1. The Hall–Kier alpha value is -4.11. The van der Waals surface area contributed by atoms with Gasteiger partial charge in [-0.25, -0.2) is 9.79 Å². The molecule has 0 fully saturated rings. The zero-order valence-corrected chi connectivity index (χ0v) is 18.6. The van der Waals surface area contributed by atoms with Crippen molar-refractivity contribution in [3.63, 3.8) is 0 Å². The molecule has 0 saturated heterocycles. The molecule has 8 nitrogen and oxygen atoms in total. The molecule has 4 rings (SSSR count). The summed E-state index contributed by atoms with van der Waals surface area (Å²) in [6.45, 7) is 1.71. The molecule has 2 heterocycles. The number of aromatic nitrogens is 1. The molecule has 166 valence electrons. The van der Waals surface area contributed by atoms with Gasteiger partial charge in [-0.2, -0.15) is 0 Å². The number of non-ortho nitro benzene ring substituents is 1. The van der Waals surface area contributed by atoms with Gasteiger partial charge in [-0.1, -0.05) is 53.8 Å². The number of hydrogen-bond acceptors (Lipinski definition) is 7. The minimum Gasteiger partial charge on any atom is -0.466 e. The van der Waals surface area contributed by atoms with Gasteiger partial charge < -0.3 is 4.74 Å². The first-order valence-electron chi connectivity index (χ1n) is 9.97. The molecule has 1 unspecified atom stereocenters. The van der Waals surface area contributed by atoms with Crippen LogP contribution in [0.1, 0.15) is 24.1 Å². The van der Waals surface area contributed by atoms with E-state index in [9.17, 15) is 19.7 Å². The van der Waals surface area contributed by atoms with Gasteiger partial charge in [-0.3, -0.25) is 19.5 Å². The van der Waals surface area contributed by atoms with Gasteiger partial charge in [0.2, 0.25) is 0 Å². The predicted octanol–water partition coefficient (Wildman–Crippen LogP) is 2.98. The number of fused-ring (bicyclic) bond motifs is 1. The van der Waals surface area contributed by atoms with E-state index in [2.05, 4.69) is 4.99 Å². The van der Waals surface area contributed by atoms with Crippen LogP contribution in [-0.4, -0.2) is 22.6 Å². The topological polar surface area (TPSA) is 104 Å². The van der Waals surface area contributed by atoms with Crippen molar-refractivity contribution in [1.82, 2.24) is 4.57 Å². The van der Waals surface area contributed by atoms with E-state index >= 15 is 0 Å². The molecule has 0 spiro atoms. The summed E-state index contributed by atoms with van der Waals surface area (Å²) in [5.41, 5.74) is 1.99. The highest BCUT2D eigenvalue weighted by Crippen LogP contribution is 2.26. The number of methoxy groups -OCH3 is 1. The third-order valence-electron chi connectivity index (χ3n) is 5.14. The van der Waals surface area contributed by atoms with Crippen LogP contribution >= 0.6 is 11.3 Å². The lowest BCUT2D eigenvalue weighted by molar-refractivity contribution is -0.384. The number of esters is 1. The largest absolute Gasteiger partial charge is 0.466 e. The smallest absolute Gasteiger partial charge is 0.338 e. The molecule has 3 aromatic rings. The highest BCUT2D eigenvalue weighted by Gasteiger charge is 2.30. The molecule has 1 aliphatic heterocycles. The molecule has 0 radical (unpaired) electrons. The Labute approximate surface area is 192 Å². The van der Waals surface area contributed by atoms with Crippen molar-refractivity contribution in [2.75, 3.05) is 7.11 Å². The maximum Gasteiger partial charge on any atom is 0.338 e. The number of nitro benzene ring substituents is 1. The molecule has 33 heavy (non-hydrogen) atoms. The van der Waals surface area contributed by atoms with Crippen molar-refractivity contribution in [3.8, 4) is 0 Å². The summed E-state index contributed by atoms with van der Waals surface area (Å²) in [5, 5.41) is 10.9. The lowest BCUT2D eigenvalue weighted by Crippen LogP contribution is -2.38. The Morgan fingerprint density at radius 2 is 1.85 bits per heavy atom. The maximum absolute atomic E-state index is 13.3. The number of benzene rings is 2. The second-order valence-electron chi connectivity index (χ2n) is 7.23. The maximum atomic E-state index is 13.3. The van der Waals surface area contributed by atoms with E-state index in [0.717, 1.165) is 5.56 Å². The molecule has 1 atom stereocenters. The van der Waals surface area contributed by atoms with E-state index in [1.165, 1.54) is 35.1 Å². The molecule has 0 saturated carbocycles. The molecule has 0 aliphatic carbocycles. The molecule has 2 aromatic carbocycles. The van der Waals surface area contributed by atoms with Crippen LogP contribution in [-0.2, 0) is 9.53 Å². The summed E-state index contributed by atoms with van der Waals surface area (Å²) in [6, 6.07) is 14.8. The van der Waals surface area contributed by atoms with Gasteiger partial charge in [0, 0.05) is 12.1 Å². The quantitative estimate of drug-likeness (QED) is 0.330. The van der Waals surface area contributed by atoms with Crippen LogP contribution in [0.4, 0.5) is 5.69 Å². The number of carbonyl (C=O) groups excluding carboxylic acids is 1. The van der Waals surface area contributed by atoms with Crippen LogP contribution in [0.5, 0.6) is 0 Å². The molecule has 1 aromatic heterocycles. The number of hydrogen-bond donors (Lipinski definition) is 0. The molecule has 0 N–H and O–H groups in total. The van der Waals surface area contributed by atoms with Crippen molar-refractivity contribution in [2.45, 2.75) is 13.0 Å². The van der Waals surface area contributed by atoms with Crippen molar-refractivity contribution >= 4 is 35.1 Å². The van der Waals surface area contributed by atoms with Crippen LogP contribution in [0.3, 0.4) is 0 Å². The summed E-state index contributed by atoms with van der Waals surface area (Å²) < 4.78 is 6.84. The van der Waals surface area contributed by atoms with Crippen molar-refractivity contribution < 1.29 is 14.5 Å². The summed E-state index contributed by atoms with van der Waals surface area (Å²) in [5.74, 6) is -0.552. The van der Waals surface area contributed by atoms with E-state index in [0.29, 0.717) is 26.2 Å². The van der Waals surface area contributed by atoms with Gasteiger partial charge in [0.05, 0.1) is 33.9 Å². The Balaban J connectivity index is 1.84. The summed E-state index contributed by atoms with van der Waals surface area (Å²) in [7, 11) is 1.29. The van der Waals surface area contributed by atoms with E-state index in [1.54, 1.807) is 31.2 Å². The zero-order chi connectivity index (χ0) is 23.5. The number of nitrogens with zero attached hydrogens (tertiary/aromatic N) is 3. The Kier molecular flexibility index (Phi) is 6.14. The average molecular weight is 461 g/mol. The molecular weight excluding hydrogens is 442 g/mol. The average Bonchev–Trinajstić information content (AvgIpc) is 3.12. The highest BCUT2D eigenvalue weighted by atomic mass is 32.1. The zero-order valence-electron chi connectivity index (χ0n) is 17.8. The highest BCUT2D eigenvalue weighted by molar-refractivity contribution is 7.07. The lowest BCUT2D eigenvalue weighted by Gasteiger charge is -2.21. The second-order valence-corrected chi connectivity index (χ2v) is 8.24. The first-order valence-corrected chi connectivity index (χ1v) is 10.8. The van der Waals surface area contributed by atoms with Gasteiger partial charge in [0.15, 0.2) is 4.80 Å². The predicted molar refractivity (Wildman–Crippen MR) is 125 cm³/mol. The standard InChI is InChI=1S/C24H19N3O5S/c1-15-21(23(29)32-2)19(13-10-16-6-4-3-5-7-16)26-22(28)20(33-24(26)25-15)14-17-8-11-18(12-9-17)27(30)31/h3-14,19H,1-2H3/b13-10+,20-14?. The first-order chi connectivity index (χ1) is 15.9. The third-order valence-corrected chi connectivity index (χ3v) is 6.12. The number of thiazole rings is 1. The van der Waals surface area contributed by atoms with Crippen molar-refractivity contribution in [2.24, 2.45) is 4.99 Å². The van der Waals surface area contributed by atoms with E-state index in [-0.39, 0.29) is 11.2 Å². The second kappa shape index (κ2) is 9.17. The Bertz CT molecular complexity index is 1460. The fourth-order valence-corrected chi connectivity index (χ4v) is 4.58. The van der Waals surface area contributed by atoms with Gasteiger partial charge in [-0.05, 0) is 36.3 Å². The third kappa shape index (κ3) is 4.44. The molecule has 0 bridgehead atoms. The number of allylic oxidation sites excluding steroid dienone is 2. The van der Waals surface area contributed by atoms with Crippen LogP contribution in [0.15, 0.2) is 81.7 Å². The number of ether oxygens (including phenoxy) is 1. The lowest BCUT2D eigenvalue weighted by atomic mass is 10.0. The van der Waals surface area contributed by atoms with Crippen LogP contribution < -0.4 is 14.9 Å². The monoisotopic (exact) mass is 461 g/mol. The molecular formula is C24H19N3O5S. The molecule has 0 amide bonds. The summed E-state index contributed by atoms with van der Waals surface area (Å²) in [4.78, 5) is 41.2. The van der Waals surface area contributed by atoms with E-state index in [1.807, 2.05) is 36.4 Å². The number of rotatable bonds is 5. The fraction of sp³-hybridized carbons (Fsp3) is 0.125. The van der Waals surface area contributed by atoms with Crippen molar-refractivity contribution in [1.29, 1.82) is 0 Å². The minimum atomic E-state index is -0.687. The Morgan fingerprint density at radius 3 is 2.48 bits per heavy atom. The van der Waals surface area contributed by atoms with Crippen molar-refractivity contribution in [3.05, 3.63) is 113 Å². The van der Waals surface area contributed by atoms with E-state index in [4.69, 9.17) is 4.74 Å². The van der Waals surface area contributed by atoms with Crippen LogP contribution in [0.2, 0.25) is 0 Å². The fourth-order valence-electron chi connectivity index (χ4n) is 3.53. The van der Waals surface area contributed by atoms with Gasteiger partial charge in [0.1, 0.15) is 0 Å². The summed E-state index contributed by atoms with van der Waals surface area (Å²) >= 11 is 1.19. The minimum absolute atomic E-state index is 0.0296. The summed E-state index contributed by atoms with van der Waals surface area (Å²) in [6.07, 6.45) is 5.29.